The average Bonchev–Trinajstić information content (AvgIpc) is 3.32. The predicted molar refractivity (Wildman–Crippen MR) is 137 cm³/mol. The Balaban J connectivity index is 1.65. The second kappa shape index (κ2) is 11.1. The summed E-state index contributed by atoms with van der Waals surface area (Å²) in [6.07, 6.45) is 5.05. The highest BCUT2D eigenvalue weighted by Gasteiger charge is 2.24. The van der Waals surface area contributed by atoms with Gasteiger partial charge in [-0.3, -0.25) is 14.7 Å². The van der Waals surface area contributed by atoms with E-state index in [-0.39, 0.29) is 5.91 Å². The minimum Gasteiger partial charge on any atom is -0.494 e. The first-order valence-electron chi connectivity index (χ1n) is 11.5. The molecule has 0 aliphatic carbocycles. The van der Waals surface area contributed by atoms with Crippen LogP contribution >= 0.6 is 11.3 Å². The highest BCUT2D eigenvalue weighted by Crippen LogP contribution is 2.37. The van der Waals surface area contributed by atoms with Crippen molar-refractivity contribution in [1.82, 2.24) is 9.97 Å². The van der Waals surface area contributed by atoms with E-state index in [9.17, 15) is 4.79 Å². The SMILES string of the molecule is CCCCCOc1ccc(C(=O)N(Cc2ccccn2)c2nc3c(OC)ccc(C)c3s2)cc1. The Morgan fingerprint density at radius 2 is 1.88 bits per heavy atom. The molecule has 0 spiro atoms. The fourth-order valence-electron chi connectivity index (χ4n) is 3.65. The maximum absolute atomic E-state index is 13.7. The Hall–Kier alpha value is -3.45. The van der Waals surface area contributed by atoms with Gasteiger partial charge < -0.3 is 9.47 Å². The van der Waals surface area contributed by atoms with Crippen molar-refractivity contribution in [2.24, 2.45) is 0 Å². The Morgan fingerprint density at radius 1 is 1.06 bits per heavy atom. The molecule has 2 aromatic carbocycles. The molecule has 2 aromatic heterocycles. The number of methoxy groups -OCH3 is 1. The number of thiazole rings is 1. The van der Waals surface area contributed by atoms with Crippen LogP contribution < -0.4 is 14.4 Å². The molecular weight excluding hydrogens is 446 g/mol. The molecule has 34 heavy (non-hydrogen) atoms. The van der Waals surface area contributed by atoms with Gasteiger partial charge in [-0.15, -0.1) is 0 Å². The first-order chi connectivity index (χ1) is 16.6. The van der Waals surface area contributed by atoms with Crippen LogP contribution in [0, 0.1) is 6.92 Å². The maximum atomic E-state index is 13.7. The summed E-state index contributed by atoms with van der Waals surface area (Å²) in [7, 11) is 1.63. The van der Waals surface area contributed by atoms with Gasteiger partial charge in [-0.1, -0.05) is 43.2 Å². The first-order valence-corrected chi connectivity index (χ1v) is 12.3. The Bertz CT molecular complexity index is 1240. The van der Waals surface area contributed by atoms with Crippen molar-refractivity contribution in [2.45, 2.75) is 39.7 Å². The lowest BCUT2D eigenvalue weighted by Gasteiger charge is -2.20. The van der Waals surface area contributed by atoms with E-state index in [1.54, 1.807) is 18.2 Å². The lowest BCUT2D eigenvalue weighted by Crippen LogP contribution is -2.30. The lowest BCUT2D eigenvalue weighted by molar-refractivity contribution is 0.0984. The van der Waals surface area contributed by atoms with E-state index in [0.29, 0.717) is 29.6 Å². The minimum absolute atomic E-state index is 0.140. The summed E-state index contributed by atoms with van der Waals surface area (Å²) in [4.78, 5) is 24.6. The standard InChI is InChI=1S/C27H29N3O3S/c1-4-5-8-17-33-22-13-11-20(12-14-22)26(31)30(18-21-9-6-7-16-28-21)27-29-24-23(32-3)15-10-19(2)25(24)34-27/h6-7,9-16H,4-5,8,17-18H2,1-3H3. The van der Waals surface area contributed by atoms with E-state index in [4.69, 9.17) is 14.5 Å². The van der Waals surface area contributed by atoms with Crippen LogP contribution in [0.15, 0.2) is 60.8 Å². The zero-order chi connectivity index (χ0) is 23.9. The molecule has 0 unspecified atom stereocenters. The number of benzene rings is 2. The molecule has 0 aliphatic heterocycles. The molecule has 2 heterocycles. The number of anilines is 1. The molecule has 0 saturated carbocycles. The smallest absolute Gasteiger partial charge is 0.260 e. The summed E-state index contributed by atoms with van der Waals surface area (Å²) in [6, 6.07) is 16.9. The quantitative estimate of drug-likeness (QED) is 0.248. The normalized spacial score (nSPS) is 10.9. The van der Waals surface area contributed by atoms with E-state index in [1.165, 1.54) is 11.3 Å². The van der Waals surface area contributed by atoms with Crippen LogP contribution in [0.5, 0.6) is 11.5 Å². The van der Waals surface area contributed by atoms with E-state index < -0.39 is 0 Å². The number of nitrogens with zero attached hydrogens (tertiary/aromatic N) is 3. The number of carbonyl (C=O) groups is 1. The number of aryl methyl sites for hydroxylation is 1. The topological polar surface area (TPSA) is 64.5 Å². The molecule has 0 fully saturated rings. The van der Waals surface area contributed by atoms with Gasteiger partial charge in [-0.05, 0) is 61.4 Å². The van der Waals surface area contributed by atoms with Crippen LogP contribution in [0.3, 0.4) is 0 Å². The molecule has 0 bridgehead atoms. The molecule has 1 amide bonds. The summed E-state index contributed by atoms with van der Waals surface area (Å²) in [5.41, 5.74) is 3.21. The van der Waals surface area contributed by atoms with E-state index in [1.807, 2.05) is 61.5 Å². The van der Waals surface area contributed by atoms with Crippen LogP contribution in [0.4, 0.5) is 5.13 Å². The van der Waals surface area contributed by atoms with Crippen LogP contribution in [0.25, 0.3) is 10.2 Å². The number of hydrogen-bond acceptors (Lipinski definition) is 6. The molecule has 0 atom stereocenters. The summed E-state index contributed by atoms with van der Waals surface area (Å²) in [5.74, 6) is 1.32. The Morgan fingerprint density at radius 3 is 2.59 bits per heavy atom. The van der Waals surface area contributed by atoms with Gasteiger partial charge in [0.15, 0.2) is 5.13 Å². The molecule has 7 heteroatoms. The third kappa shape index (κ3) is 5.37. The average molecular weight is 476 g/mol. The molecule has 0 radical (unpaired) electrons. The van der Waals surface area contributed by atoms with Gasteiger partial charge in [0.25, 0.3) is 5.91 Å². The fraction of sp³-hybridized carbons (Fsp3) is 0.296. The molecule has 4 aromatic rings. The first kappa shape index (κ1) is 23.7. The van der Waals surface area contributed by atoms with Crippen molar-refractivity contribution in [3.63, 3.8) is 0 Å². The van der Waals surface area contributed by atoms with Crippen molar-refractivity contribution < 1.29 is 14.3 Å². The number of carbonyl (C=O) groups excluding carboxylic acids is 1. The number of fused-ring (bicyclic) bond motifs is 1. The summed E-state index contributed by atoms with van der Waals surface area (Å²) >= 11 is 1.48. The number of aromatic nitrogens is 2. The van der Waals surface area contributed by atoms with E-state index in [0.717, 1.165) is 46.5 Å². The predicted octanol–water partition coefficient (Wildman–Crippen LogP) is 6.42. The third-order valence-corrected chi connectivity index (χ3v) is 6.77. The third-order valence-electron chi connectivity index (χ3n) is 5.55. The van der Waals surface area contributed by atoms with Gasteiger partial charge in [0.2, 0.25) is 0 Å². The number of amides is 1. The number of pyridine rings is 1. The van der Waals surface area contributed by atoms with Crippen LogP contribution in [0.1, 0.15) is 47.8 Å². The summed E-state index contributed by atoms with van der Waals surface area (Å²) in [5, 5.41) is 0.609. The highest BCUT2D eigenvalue weighted by molar-refractivity contribution is 7.22. The fourth-order valence-corrected chi connectivity index (χ4v) is 4.70. The van der Waals surface area contributed by atoms with Gasteiger partial charge >= 0.3 is 0 Å². The molecule has 0 N–H and O–H groups in total. The zero-order valence-corrected chi connectivity index (χ0v) is 20.6. The second-order valence-electron chi connectivity index (χ2n) is 8.05. The van der Waals surface area contributed by atoms with Gasteiger partial charge in [-0.25, -0.2) is 4.98 Å². The van der Waals surface area contributed by atoms with Crippen molar-refractivity contribution >= 4 is 32.6 Å². The largest absolute Gasteiger partial charge is 0.494 e. The van der Waals surface area contributed by atoms with E-state index >= 15 is 0 Å². The number of hydrogen-bond donors (Lipinski definition) is 0. The summed E-state index contributed by atoms with van der Waals surface area (Å²) in [6.45, 7) is 5.20. The molecule has 0 saturated heterocycles. The van der Waals surface area contributed by atoms with Crippen LogP contribution in [-0.2, 0) is 6.54 Å². The molecule has 0 aliphatic rings. The van der Waals surface area contributed by atoms with Gasteiger partial charge in [0.1, 0.15) is 17.0 Å². The van der Waals surface area contributed by atoms with Gasteiger partial charge in [0, 0.05) is 11.8 Å². The molecule has 4 rings (SSSR count). The summed E-state index contributed by atoms with van der Waals surface area (Å²) < 4.78 is 12.3. The zero-order valence-electron chi connectivity index (χ0n) is 19.8. The Kier molecular flexibility index (Phi) is 7.75. The van der Waals surface area contributed by atoms with Gasteiger partial charge in [0.05, 0.1) is 30.7 Å². The Labute approximate surface area is 204 Å². The van der Waals surface area contributed by atoms with E-state index in [2.05, 4.69) is 11.9 Å². The van der Waals surface area contributed by atoms with Crippen LogP contribution in [0.2, 0.25) is 0 Å². The molecule has 6 nitrogen and oxygen atoms in total. The van der Waals surface area contributed by atoms with Crippen molar-refractivity contribution in [3.05, 3.63) is 77.6 Å². The maximum Gasteiger partial charge on any atom is 0.260 e. The lowest BCUT2D eigenvalue weighted by atomic mass is 10.2. The van der Waals surface area contributed by atoms with Crippen molar-refractivity contribution in [2.75, 3.05) is 18.6 Å². The van der Waals surface area contributed by atoms with Crippen LogP contribution in [-0.4, -0.2) is 29.6 Å². The molecule has 176 valence electrons. The van der Waals surface area contributed by atoms with Crippen molar-refractivity contribution in [3.8, 4) is 11.5 Å². The number of ether oxygens (including phenoxy) is 2. The molecular formula is C27H29N3O3S. The van der Waals surface area contributed by atoms with Gasteiger partial charge in [-0.2, -0.15) is 0 Å². The minimum atomic E-state index is -0.140. The second-order valence-corrected chi connectivity index (χ2v) is 9.03. The number of rotatable bonds is 10. The van der Waals surface area contributed by atoms with Crippen molar-refractivity contribution in [1.29, 1.82) is 0 Å². The highest BCUT2D eigenvalue weighted by atomic mass is 32.1. The monoisotopic (exact) mass is 475 g/mol. The number of unbranched alkanes of at least 4 members (excludes halogenated alkanes) is 2.